The second kappa shape index (κ2) is 5.57. The van der Waals surface area contributed by atoms with Gasteiger partial charge in [0.2, 0.25) is 5.91 Å². The number of methoxy groups -OCH3 is 1. The van der Waals surface area contributed by atoms with Gasteiger partial charge in [-0.15, -0.1) is 0 Å². The molecule has 0 aliphatic carbocycles. The van der Waals surface area contributed by atoms with Crippen LogP contribution in [0.4, 0.5) is 11.4 Å². The monoisotopic (exact) mass is 236 g/mol. The lowest BCUT2D eigenvalue weighted by atomic mass is 9.97. The van der Waals surface area contributed by atoms with Crippen molar-refractivity contribution >= 4 is 17.3 Å². The number of anilines is 2. The summed E-state index contributed by atoms with van der Waals surface area (Å²) >= 11 is 0. The summed E-state index contributed by atoms with van der Waals surface area (Å²) < 4.78 is 5.17. The first kappa shape index (κ1) is 13.4. The molecule has 1 unspecified atom stereocenters. The van der Waals surface area contributed by atoms with Crippen LogP contribution in [0.3, 0.4) is 0 Å². The van der Waals surface area contributed by atoms with Crippen molar-refractivity contribution in [2.75, 3.05) is 18.2 Å². The summed E-state index contributed by atoms with van der Waals surface area (Å²) in [5, 5.41) is 2.84. The standard InChI is InChI=1S/C13H20N2O2/c1-8(2)9(3)13(16)15-11-7-10(14)5-6-12(11)17-4/h5-9H,14H2,1-4H3,(H,15,16). The molecule has 0 spiro atoms. The Kier molecular flexibility index (Phi) is 4.37. The molecular weight excluding hydrogens is 216 g/mol. The van der Waals surface area contributed by atoms with E-state index in [1.165, 1.54) is 0 Å². The zero-order valence-corrected chi connectivity index (χ0v) is 10.8. The summed E-state index contributed by atoms with van der Waals surface area (Å²) in [5.74, 6) is 0.829. The van der Waals surface area contributed by atoms with Gasteiger partial charge in [-0.3, -0.25) is 4.79 Å². The normalized spacial score (nSPS) is 12.3. The molecule has 1 amide bonds. The van der Waals surface area contributed by atoms with E-state index in [9.17, 15) is 4.79 Å². The zero-order chi connectivity index (χ0) is 13.0. The summed E-state index contributed by atoms with van der Waals surface area (Å²) in [5.41, 5.74) is 6.90. The van der Waals surface area contributed by atoms with Crippen molar-refractivity contribution < 1.29 is 9.53 Å². The van der Waals surface area contributed by atoms with Gasteiger partial charge in [-0.05, 0) is 24.1 Å². The number of nitrogens with two attached hydrogens (primary N) is 1. The maximum Gasteiger partial charge on any atom is 0.227 e. The van der Waals surface area contributed by atoms with Crippen LogP contribution in [-0.4, -0.2) is 13.0 Å². The van der Waals surface area contributed by atoms with Gasteiger partial charge in [0.25, 0.3) is 0 Å². The Hall–Kier alpha value is -1.71. The van der Waals surface area contributed by atoms with Crippen molar-refractivity contribution in [3.05, 3.63) is 18.2 Å². The second-order valence-electron chi connectivity index (χ2n) is 4.48. The fraction of sp³-hybridized carbons (Fsp3) is 0.462. The number of benzene rings is 1. The van der Waals surface area contributed by atoms with Crippen molar-refractivity contribution in [2.24, 2.45) is 11.8 Å². The van der Waals surface area contributed by atoms with Crippen molar-refractivity contribution in [1.82, 2.24) is 0 Å². The molecule has 1 aromatic carbocycles. The maximum absolute atomic E-state index is 11.9. The number of hydrogen-bond acceptors (Lipinski definition) is 3. The molecule has 0 aliphatic rings. The first-order valence-electron chi connectivity index (χ1n) is 5.70. The third kappa shape index (κ3) is 3.37. The van der Waals surface area contributed by atoms with Crippen molar-refractivity contribution in [2.45, 2.75) is 20.8 Å². The smallest absolute Gasteiger partial charge is 0.227 e. The summed E-state index contributed by atoms with van der Waals surface area (Å²) in [7, 11) is 1.56. The SMILES string of the molecule is COc1ccc(N)cc1NC(=O)C(C)C(C)C. The quantitative estimate of drug-likeness (QED) is 0.789. The van der Waals surface area contributed by atoms with Crippen LogP contribution in [0.25, 0.3) is 0 Å². The number of hydrogen-bond donors (Lipinski definition) is 2. The average Bonchev–Trinajstić information content (AvgIpc) is 2.28. The molecule has 94 valence electrons. The predicted octanol–water partition coefficient (Wildman–Crippen LogP) is 2.51. The number of amides is 1. The van der Waals surface area contributed by atoms with Gasteiger partial charge in [-0.25, -0.2) is 0 Å². The Labute approximate surface area is 102 Å². The van der Waals surface area contributed by atoms with Gasteiger partial charge in [0, 0.05) is 11.6 Å². The van der Waals surface area contributed by atoms with E-state index in [1.807, 2.05) is 20.8 Å². The molecule has 0 fully saturated rings. The van der Waals surface area contributed by atoms with Gasteiger partial charge in [0.05, 0.1) is 12.8 Å². The summed E-state index contributed by atoms with van der Waals surface area (Å²) in [6.07, 6.45) is 0. The molecule has 0 aromatic heterocycles. The highest BCUT2D eigenvalue weighted by Crippen LogP contribution is 2.27. The molecule has 1 aromatic rings. The van der Waals surface area contributed by atoms with E-state index in [2.05, 4.69) is 5.32 Å². The minimum Gasteiger partial charge on any atom is -0.495 e. The maximum atomic E-state index is 11.9. The third-order valence-corrected chi connectivity index (χ3v) is 2.89. The molecule has 1 atom stereocenters. The highest BCUT2D eigenvalue weighted by atomic mass is 16.5. The number of carbonyl (C=O) groups is 1. The van der Waals surface area contributed by atoms with E-state index < -0.39 is 0 Å². The van der Waals surface area contributed by atoms with Crippen LogP contribution in [-0.2, 0) is 4.79 Å². The molecule has 17 heavy (non-hydrogen) atoms. The van der Waals surface area contributed by atoms with Crippen LogP contribution in [0.15, 0.2) is 18.2 Å². The van der Waals surface area contributed by atoms with Crippen molar-refractivity contribution in [1.29, 1.82) is 0 Å². The van der Waals surface area contributed by atoms with Crippen LogP contribution in [0, 0.1) is 11.8 Å². The molecule has 0 aliphatic heterocycles. The second-order valence-corrected chi connectivity index (χ2v) is 4.48. The van der Waals surface area contributed by atoms with Crippen LogP contribution < -0.4 is 15.8 Å². The molecule has 3 N–H and O–H groups in total. The molecule has 1 rings (SSSR count). The molecule has 4 heteroatoms. The molecule has 0 saturated carbocycles. The highest BCUT2D eigenvalue weighted by Gasteiger charge is 2.18. The average molecular weight is 236 g/mol. The van der Waals surface area contributed by atoms with Crippen molar-refractivity contribution in [3.8, 4) is 5.75 Å². The van der Waals surface area contributed by atoms with Crippen LogP contribution in [0.2, 0.25) is 0 Å². The molecular formula is C13H20N2O2. The molecule has 0 saturated heterocycles. The van der Waals surface area contributed by atoms with Gasteiger partial charge in [-0.2, -0.15) is 0 Å². The van der Waals surface area contributed by atoms with E-state index in [1.54, 1.807) is 25.3 Å². The fourth-order valence-corrected chi connectivity index (χ4v) is 1.37. The highest BCUT2D eigenvalue weighted by molar-refractivity contribution is 5.94. The van der Waals surface area contributed by atoms with E-state index in [-0.39, 0.29) is 11.8 Å². The number of nitrogens with one attached hydrogen (secondary N) is 1. The van der Waals surface area contributed by atoms with E-state index in [4.69, 9.17) is 10.5 Å². The molecule has 0 heterocycles. The van der Waals surface area contributed by atoms with Gasteiger partial charge >= 0.3 is 0 Å². The van der Waals surface area contributed by atoms with Crippen LogP contribution in [0.1, 0.15) is 20.8 Å². The van der Waals surface area contributed by atoms with Crippen molar-refractivity contribution in [3.63, 3.8) is 0 Å². The largest absolute Gasteiger partial charge is 0.495 e. The topological polar surface area (TPSA) is 64.3 Å². The third-order valence-electron chi connectivity index (χ3n) is 2.89. The van der Waals surface area contributed by atoms with Gasteiger partial charge in [0.1, 0.15) is 5.75 Å². The summed E-state index contributed by atoms with van der Waals surface area (Å²) in [6, 6.07) is 5.18. The Balaban J connectivity index is 2.87. The van der Waals surface area contributed by atoms with Gasteiger partial charge in [0.15, 0.2) is 0 Å². The Morgan fingerprint density at radius 2 is 2.00 bits per heavy atom. The number of rotatable bonds is 4. The first-order chi connectivity index (χ1) is 7.95. The summed E-state index contributed by atoms with van der Waals surface area (Å²) in [6.45, 7) is 5.93. The number of carbonyl (C=O) groups excluding carboxylic acids is 1. The van der Waals surface area contributed by atoms with Crippen LogP contribution >= 0.6 is 0 Å². The lowest BCUT2D eigenvalue weighted by Gasteiger charge is -2.17. The van der Waals surface area contributed by atoms with E-state index >= 15 is 0 Å². The zero-order valence-electron chi connectivity index (χ0n) is 10.8. The molecule has 4 nitrogen and oxygen atoms in total. The minimum absolute atomic E-state index is 0.0242. The number of nitrogen functional groups attached to an aromatic ring is 1. The fourth-order valence-electron chi connectivity index (χ4n) is 1.37. The van der Waals surface area contributed by atoms with E-state index in [0.717, 1.165) is 0 Å². The van der Waals surface area contributed by atoms with Gasteiger partial charge in [-0.1, -0.05) is 20.8 Å². The Morgan fingerprint density at radius 1 is 1.35 bits per heavy atom. The molecule has 0 bridgehead atoms. The first-order valence-corrected chi connectivity index (χ1v) is 5.70. The molecule has 0 radical (unpaired) electrons. The summed E-state index contributed by atoms with van der Waals surface area (Å²) in [4.78, 5) is 11.9. The lowest BCUT2D eigenvalue weighted by molar-refractivity contribution is -0.120. The Morgan fingerprint density at radius 3 is 2.53 bits per heavy atom. The minimum atomic E-state index is -0.0545. The van der Waals surface area contributed by atoms with E-state index in [0.29, 0.717) is 23.0 Å². The lowest BCUT2D eigenvalue weighted by Crippen LogP contribution is -2.24. The number of ether oxygens (including phenoxy) is 1. The Bertz CT molecular complexity index is 402. The van der Waals surface area contributed by atoms with Gasteiger partial charge < -0.3 is 15.8 Å². The predicted molar refractivity (Wildman–Crippen MR) is 70.0 cm³/mol. The van der Waals surface area contributed by atoms with Crippen LogP contribution in [0.5, 0.6) is 5.75 Å².